The number of benzene rings is 3. The van der Waals surface area contributed by atoms with Gasteiger partial charge < -0.3 is 10.1 Å². The van der Waals surface area contributed by atoms with Crippen LogP contribution in [0.2, 0.25) is 0 Å². The van der Waals surface area contributed by atoms with Gasteiger partial charge in [-0.2, -0.15) is 0 Å². The first-order valence-electron chi connectivity index (χ1n) is 11.3. The lowest BCUT2D eigenvalue weighted by Gasteiger charge is -2.13. The van der Waals surface area contributed by atoms with Crippen LogP contribution in [-0.2, 0) is 17.8 Å². The molecule has 1 aromatic heterocycles. The number of aromatic nitrogens is 3. The molecule has 0 atom stereocenters. The molecule has 0 unspecified atom stereocenters. The summed E-state index contributed by atoms with van der Waals surface area (Å²) in [6.07, 6.45) is 0.858. The van der Waals surface area contributed by atoms with Gasteiger partial charge in [-0.15, -0.1) is 10.2 Å². The summed E-state index contributed by atoms with van der Waals surface area (Å²) in [7, 11) is 0. The molecule has 1 amide bonds. The van der Waals surface area contributed by atoms with Gasteiger partial charge in [0.25, 0.3) is 0 Å². The fourth-order valence-corrected chi connectivity index (χ4v) is 4.46. The molecule has 0 aliphatic heterocycles. The minimum atomic E-state index is -0.0747. The van der Waals surface area contributed by atoms with Crippen LogP contribution in [0.5, 0.6) is 5.75 Å². The van der Waals surface area contributed by atoms with Gasteiger partial charge in [-0.3, -0.25) is 9.36 Å². The van der Waals surface area contributed by atoms with Crippen molar-refractivity contribution in [2.24, 2.45) is 0 Å². The predicted octanol–water partition coefficient (Wildman–Crippen LogP) is 5.76. The zero-order valence-corrected chi connectivity index (χ0v) is 20.4. The molecule has 0 aliphatic carbocycles. The third-order valence-corrected chi connectivity index (χ3v) is 6.43. The summed E-state index contributed by atoms with van der Waals surface area (Å²) in [6, 6.07) is 23.8. The molecule has 34 heavy (non-hydrogen) atoms. The maximum atomic E-state index is 12.8. The number of rotatable bonds is 9. The van der Waals surface area contributed by atoms with Crippen LogP contribution in [0.25, 0.3) is 5.69 Å². The molecular formula is C27H28N4O2S. The molecule has 0 saturated carbocycles. The topological polar surface area (TPSA) is 69.0 Å². The van der Waals surface area contributed by atoms with Crippen molar-refractivity contribution < 1.29 is 9.53 Å². The molecule has 7 heteroatoms. The number of hydrogen-bond acceptors (Lipinski definition) is 5. The van der Waals surface area contributed by atoms with E-state index in [1.165, 1.54) is 11.8 Å². The Kier molecular flexibility index (Phi) is 7.65. The number of aryl methyl sites for hydroxylation is 3. The minimum absolute atomic E-state index is 0.0747. The molecule has 4 rings (SSSR count). The van der Waals surface area contributed by atoms with Crippen molar-refractivity contribution in [3.05, 3.63) is 95.3 Å². The second-order valence-corrected chi connectivity index (χ2v) is 8.87. The highest BCUT2D eigenvalue weighted by Gasteiger charge is 2.17. The molecule has 1 heterocycles. The summed E-state index contributed by atoms with van der Waals surface area (Å²) in [4.78, 5) is 12.8. The van der Waals surface area contributed by atoms with Crippen molar-refractivity contribution in [2.45, 2.75) is 39.0 Å². The second-order valence-electron chi connectivity index (χ2n) is 7.92. The Morgan fingerprint density at radius 2 is 1.68 bits per heavy atom. The predicted molar refractivity (Wildman–Crippen MR) is 137 cm³/mol. The normalized spacial score (nSPS) is 10.8. The number of para-hydroxylation sites is 3. The SMILES string of the molecule is CCc1cccc(C)c1NC(=O)CSc1nnc(COc2ccccc2C)n1-c1ccccc1. The summed E-state index contributed by atoms with van der Waals surface area (Å²) in [6.45, 7) is 6.37. The van der Waals surface area contributed by atoms with Gasteiger partial charge in [-0.1, -0.05) is 73.3 Å². The van der Waals surface area contributed by atoms with Crippen LogP contribution >= 0.6 is 11.8 Å². The number of thioether (sulfide) groups is 1. The van der Waals surface area contributed by atoms with Crippen LogP contribution in [0.1, 0.15) is 29.4 Å². The fraction of sp³-hybridized carbons (Fsp3) is 0.222. The molecule has 0 bridgehead atoms. The number of hydrogen-bond donors (Lipinski definition) is 1. The maximum absolute atomic E-state index is 12.8. The van der Waals surface area contributed by atoms with Gasteiger partial charge in [0, 0.05) is 11.4 Å². The molecule has 0 spiro atoms. The van der Waals surface area contributed by atoms with Crippen molar-refractivity contribution >= 4 is 23.4 Å². The maximum Gasteiger partial charge on any atom is 0.234 e. The van der Waals surface area contributed by atoms with Crippen LogP contribution in [0.4, 0.5) is 5.69 Å². The Balaban J connectivity index is 1.52. The number of amides is 1. The van der Waals surface area contributed by atoms with Gasteiger partial charge in [0.15, 0.2) is 11.0 Å². The monoisotopic (exact) mass is 472 g/mol. The lowest BCUT2D eigenvalue weighted by atomic mass is 10.1. The number of nitrogens with one attached hydrogen (secondary N) is 1. The molecule has 174 valence electrons. The highest BCUT2D eigenvalue weighted by molar-refractivity contribution is 7.99. The van der Waals surface area contributed by atoms with Crippen LogP contribution in [-0.4, -0.2) is 26.4 Å². The third-order valence-electron chi connectivity index (χ3n) is 5.50. The number of carbonyl (C=O) groups excluding carboxylic acids is 1. The number of ether oxygens (including phenoxy) is 1. The van der Waals surface area contributed by atoms with Gasteiger partial charge >= 0.3 is 0 Å². The standard InChI is InChI=1S/C27H28N4O2S/c1-4-21-13-10-12-20(3)26(21)28-25(32)18-34-27-30-29-24(31(27)22-14-6-5-7-15-22)17-33-23-16-9-8-11-19(23)2/h5-16H,4,17-18H2,1-3H3,(H,28,32). The van der Waals surface area contributed by atoms with E-state index in [0.29, 0.717) is 11.0 Å². The Labute approximate surface area is 204 Å². The van der Waals surface area contributed by atoms with Crippen LogP contribution in [0.15, 0.2) is 78.0 Å². The van der Waals surface area contributed by atoms with Crippen LogP contribution in [0, 0.1) is 13.8 Å². The van der Waals surface area contributed by atoms with E-state index in [4.69, 9.17) is 4.74 Å². The van der Waals surface area contributed by atoms with Crippen molar-refractivity contribution in [1.82, 2.24) is 14.8 Å². The van der Waals surface area contributed by atoms with E-state index >= 15 is 0 Å². The highest BCUT2D eigenvalue weighted by Crippen LogP contribution is 2.25. The zero-order chi connectivity index (χ0) is 23.9. The number of anilines is 1. The van der Waals surface area contributed by atoms with E-state index < -0.39 is 0 Å². The lowest BCUT2D eigenvalue weighted by Crippen LogP contribution is -2.16. The molecule has 1 N–H and O–H groups in total. The van der Waals surface area contributed by atoms with Crippen molar-refractivity contribution in [3.8, 4) is 11.4 Å². The first-order valence-corrected chi connectivity index (χ1v) is 12.2. The Morgan fingerprint density at radius 1 is 0.941 bits per heavy atom. The highest BCUT2D eigenvalue weighted by atomic mass is 32.2. The van der Waals surface area contributed by atoms with E-state index in [-0.39, 0.29) is 18.3 Å². The van der Waals surface area contributed by atoms with E-state index in [2.05, 4.69) is 22.4 Å². The average Bonchev–Trinajstić information content (AvgIpc) is 3.27. The summed E-state index contributed by atoms with van der Waals surface area (Å²) >= 11 is 1.36. The lowest BCUT2D eigenvalue weighted by molar-refractivity contribution is -0.113. The Hall–Kier alpha value is -3.58. The largest absolute Gasteiger partial charge is 0.485 e. The molecule has 0 aliphatic rings. The van der Waals surface area contributed by atoms with Crippen molar-refractivity contribution in [1.29, 1.82) is 0 Å². The van der Waals surface area contributed by atoms with Gasteiger partial charge in [-0.05, 0) is 55.2 Å². The van der Waals surface area contributed by atoms with Gasteiger partial charge in [0.05, 0.1) is 5.75 Å². The van der Waals surface area contributed by atoms with E-state index in [0.717, 1.165) is 40.2 Å². The van der Waals surface area contributed by atoms with Gasteiger partial charge in [0.1, 0.15) is 12.4 Å². The van der Waals surface area contributed by atoms with Crippen molar-refractivity contribution in [3.63, 3.8) is 0 Å². The molecule has 0 fully saturated rings. The van der Waals surface area contributed by atoms with Crippen LogP contribution in [0.3, 0.4) is 0 Å². The van der Waals surface area contributed by atoms with Crippen LogP contribution < -0.4 is 10.1 Å². The Bertz CT molecular complexity index is 1270. The fourth-order valence-electron chi connectivity index (χ4n) is 3.69. The molecule has 0 radical (unpaired) electrons. The molecular weight excluding hydrogens is 444 g/mol. The summed E-state index contributed by atoms with van der Waals surface area (Å²) in [5.41, 5.74) is 5.06. The average molecular weight is 473 g/mol. The van der Waals surface area contributed by atoms with E-state index in [9.17, 15) is 4.79 Å². The zero-order valence-electron chi connectivity index (χ0n) is 19.6. The molecule has 4 aromatic rings. The van der Waals surface area contributed by atoms with E-state index in [1.807, 2.05) is 91.2 Å². The second kappa shape index (κ2) is 11.0. The van der Waals surface area contributed by atoms with Crippen molar-refractivity contribution in [2.75, 3.05) is 11.1 Å². The van der Waals surface area contributed by atoms with E-state index in [1.54, 1.807) is 0 Å². The summed E-state index contributed by atoms with van der Waals surface area (Å²) < 4.78 is 7.98. The smallest absolute Gasteiger partial charge is 0.234 e. The van der Waals surface area contributed by atoms with Gasteiger partial charge in [0.2, 0.25) is 5.91 Å². The van der Waals surface area contributed by atoms with Gasteiger partial charge in [-0.25, -0.2) is 0 Å². The minimum Gasteiger partial charge on any atom is -0.485 e. The number of carbonyl (C=O) groups is 1. The molecule has 6 nitrogen and oxygen atoms in total. The molecule has 3 aromatic carbocycles. The summed E-state index contributed by atoms with van der Waals surface area (Å²) in [5.74, 6) is 1.63. The summed E-state index contributed by atoms with van der Waals surface area (Å²) in [5, 5.41) is 12.5. The number of nitrogens with zero attached hydrogens (tertiary/aromatic N) is 3. The third kappa shape index (κ3) is 5.48. The first kappa shape index (κ1) is 23.6. The molecule has 0 saturated heterocycles. The first-order chi connectivity index (χ1) is 16.6. The Morgan fingerprint density at radius 3 is 2.44 bits per heavy atom. The quantitative estimate of drug-likeness (QED) is 0.314.